The van der Waals surface area contributed by atoms with Crippen molar-refractivity contribution in [3.05, 3.63) is 35.8 Å². The molecule has 0 N–H and O–H groups in total. The Morgan fingerprint density at radius 2 is 2.00 bits per heavy atom. The number of imidazole rings is 1. The van der Waals surface area contributed by atoms with E-state index < -0.39 is 0 Å². The first-order chi connectivity index (χ1) is 7.03. The molecule has 2 heterocycles. The van der Waals surface area contributed by atoms with Crippen molar-refractivity contribution in [1.29, 1.82) is 0 Å². The first-order valence-corrected chi connectivity index (χ1v) is 5.49. The predicted molar refractivity (Wildman–Crippen MR) is 63.2 cm³/mol. The fraction of sp³-hybridized carbons (Fsp3) is 0.462. The van der Waals surface area contributed by atoms with Crippen LogP contribution in [0.5, 0.6) is 0 Å². The van der Waals surface area contributed by atoms with E-state index in [-0.39, 0.29) is 5.41 Å². The van der Waals surface area contributed by atoms with Crippen LogP contribution in [0.3, 0.4) is 0 Å². The van der Waals surface area contributed by atoms with Gasteiger partial charge in [0.15, 0.2) is 0 Å². The number of fused-ring (bicyclic) bond motifs is 1. The highest BCUT2D eigenvalue weighted by Crippen LogP contribution is 2.26. The maximum absolute atomic E-state index is 4.43. The molecule has 0 aliphatic rings. The molecule has 2 heteroatoms. The molecule has 15 heavy (non-hydrogen) atoms. The Balaban J connectivity index is 2.55. The van der Waals surface area contributed by atoms with E-state index in [1.54, 1.807) is 0 Å². The van der Waals surface area contributed by atoms with E-state index in [4.69, 9.17) is 0 Å². The van der Waals surface area contributed by atoms with Crippen LogP contribution in [0.4, 0.5) is 0 Å². The van der Waals surface area contributed by atoms with Crippen LogP contribution >= 0.6 is 0 Å². The van der Waals surface area contributed by atoms with Crippen molar-refractivity contribution >= 4 is 5.65 Å². The van der Waals surface area contributed by atoms with Crippen LogP contribution in [-0.4, -0.2) is 9.38 Å². The average Bonchev–Trinajstić information content (AvgIpc) is 2.56. The molecule has 0 fully saturated rings. The van der Waals surface area contributed by atoms with Crippen molar-refractivity contribution in [1.82, 2.24) is 9.38 Å². The van der Waals surface area contributed by atoms with Gasteiger partial charge in [-0.15, -0.1) is 0 Å². The Labute approximate surface area is 91.0 Å². The summed E-state index contributed by atoms with van der Waals surface area (Å²) >= 11 is 0. The summed E-state index contributed by atoms with van der Waals surface area (Å²) in [4.78, 5) is 4.43. The molecule has 0 saturated carbocycles. The standard InChI is InChI=1S/C13H18N2/c1-5-13(3,4)11-6-7-12-14-10(2)8-15(12)9-11/h6-9H,5H2,1-4H3. The Bertz CT molecular complexity index is 480. The van der Waals surface area contributed by atoms with Gasteiger partial charge in [-0.05, 0) is 30.4 Å². The fourth-order valence-corrected chi connectivity index (χ4v) is 1.72. The van der Waals surface area contributed by atoms with E-state index >= 15 is 0 Å². The van der Waals surface area contributed by atoms with Crippen LogP contribution in [0.2, 0.25) is 0 Å². The van der Waals surface area contributed by atoms with E-state index in [1.165, 1.54) is 5.56 Å². The third kappa shape index (κ3) is 1.76. The highest BCUT2D eigenvalue weighted by Gasteiger charge is 2.18. The quantitative estimate of drug-likeness (QED) is 0.730. The summed E-state index contributed by atoms with van der Waals surface area (Å²) in [6.45, 7) is 8.80. The lowest BCUT2D eigenvalue weighted by atomic mass is 9.83. The number of aryl methyl sites for hydroxylation is 1. The topological polar surface area (TPSA) is 17.3 Å². The smallest absolute Gasteiger partial charge is 0.136 e. The van der Waals surface area contributed by atoms with Crippen LogP contribution < -0.4 is 0 Å². The largest absolute Gasteiger partial charge is 0.307 e. The number of pyridine rings is 1. The van der Waals surface area contributed by atoms with Gasteiger partial charge in [0.05, 0.1) is 5.69 Å². The molecule has 0 aliphatic carbocycles. The second kappa shape index (κ2) is 3.37. The van der Waals surface area contributed by atoms with Crippen LogP contribution in [-0.2, 0) is 5.41 Å². The molecule has 0 aromatic carbocycles. The molecule has 2 rings (SSSR count). The molecular weight excluding hydrogens is 184 g/mol. The first-order valence-electron chi connectivity index (χ1n) is 5.49. The van der Waals surface area contributed by atoms with Gasteiger partial charge in [0.25, 0.3) is 0 Å². The minimum Gasteiger partial charge on any atom is -0.307 e. The Hall–Kier alpha value is -1.31. The average molecular weight is 202 g/mol. The zero-order valence-electron chi connectivity index (χ0n) is 9.91. The summed E-state index contributed by atoms with van der Waals surface area (Å²) in [6, 6.07) is 4.28. The van der Waals surface area contributed by atoms with Gasteiger partial charge in [-0.2, -0.15) is 0 Å². The van der Waals surface area contributed by atoms with Gasteiger partial charge in [-0.1, -0.05) is 26.8 Å². The van der Waals surface area contributed by atoms with Crippen LogP contribution in [0, 0.1) is 6.92 Å². The Morgan fingerprint density at radius 1 is 1.27 bits per heavy atom. The minimum absolute atomic E-state index is 0.242. The van der Waals surface area contributed by atoms with Gasteiger partial charge in [0, 0.05) is 12.4 Å². The van der Waals surface area contributed by atoms with Crippen molar-refractivity contribution in [3.8, 4) is 0 Å². The molecule has 0 radical (unpaired) electrons. The van der Waals surface area contributed by atoms with Crippen molar-refractivity contribution in [2.24, 2.45) is 0 Å². The molecule has 0 saturated heterocycles. The van der Waals surface area contributed by atoms with E-state index in [9.17, 15) is 0 Å². The lowest BCUT2D eigenvalue weighted by Crippen LogP contribution is -2.15. The third-order valence-corrected chi connectivity index (χ3v) is 3.24. The second-order valence-corrected chi connectivity index (χ2v) is 4.80. The van der Waals surface area contributed by atoms with Gasteiger partial charge < -0.3 is 4.40 Å². The second-order valence-electron chi connectivity index (χ2n) is 4.80. The molecule has 0 aliphatic heterocycles. The van der Waals surface area contributed by atoms with Crippen molar-refractivity contribution < 1.29 is 0 Å². The Kier molecular flexibility index (Phi) is 2.29. The van der Waals surface area contributed by atoms with Gasteiger partial charge in [0.1, 0.15) is 5.65 Å². The van der Waals surface area contributed by atoms with Crippen LogP contribution in [0.1, 0.15) is 38.4 Å². The lowest BCUT2D eigenvalue weighted by molar-refractivity contribution is 0.504. The molecule has 2 aromatic rings. The van der Waals surface area contributed by atoms with Crippen LogP contribution in [0.25, 0.3) is 5.65 Å². The molecular formula is C13H18N2. The zero-order valence-corrected chi connectivity index (χ0v) is 9.91. The van der Waals surface area contributed by atoms with Gasteiger partial charge >= 0.3 is 0 Å². The first kappa shape index (κ1) is 10.2. The highest BCUT2D eigenvalue weighted by molar-refractivity contribution is 5.42. The third-order valence-electron chi connectivity index (χ3n) is 3.24. The van der Waals surface area contributed by atoms with Crippen molar-refractivity contribution in [2.45, 2.75) is 39.5 Å². The van der Waals surface area contributed by atoms with E-state index in [2.05, 4.69) is 54.7 Å². The van der Waals surface area contributed by atoms with E-state index in [1.807, 2.05) is 6.92 Å². The lowest BCUT2D eigenvalue weighted by Gasteiger charge is -2.23. The normalized spacial score (nSPS) is 12.3. The monoisotopic (exact) mass is 202 g/mol. The molecule has 2 nitrogen and oxygen atoms in total. The summed E-state index contributed by atoms with van der Waals surface area (Å²) in [5.74, 6) is 0. The SMILES string of the molecule is CCC(C)(C)c1ccc2nc(C)cn2c1. The Morgan fingerprint density at radius 3 is 2.67 bits per heavy atom. The van der Waals surface area contributed by atoms with Gasteiger partial charge in [-0.25, -0.2) is 4.98 Å². The zero-order chi connectivity index (χ0) is 11.1. The van der Waals surface area contributed by atoms with Crippen molar-refractivity contribution in [3.63, 3.8) is 0 Å². The van der Waals surface area contributed by atoms with Gasteiger partial charge in [0.2, 0.25) is 0 Å². The number of nitrogens with zero attached hydrogens (tertiary/aromatic N) is 2. The molecule has 0 unspecified atom stereocenters. The molecule has 0 spiro atoms. The number of hydrogen-bond donors (Lipinski definition) is 0. The molecule has 0 atom stereocenters. The van der Waals surface area contributed by atoms with Gasteiger partial charge in [-0.3, -0.25) is 0 Å². The minimum atomic E-state index is 0.242. The van der Waals surface area contributed by atoms with Crippen molar-refractivity contribution in [2.75, 3.05) is 0 Å². The number of hydrogen-bond acceptors (Lipinski definition) is 1. The summed E-state index contributed by atoms with van der Waals surface area (Å²) in [7, 11) is 0. The predicted octanol–water partition coefficient (Wildman–Crippen LogP) is 3.33. The van der Waals surface area contributed by atoms with E-state index in [0.29, 0.717) is 0 Å². The molecule has 0 bridgehead atoms. The summed E-state index contributed by atoms with van der Waals surface area (Å²) < 4.78 is 2.11. The molecule has 2 aromatic heterocycles. The fourth-order valence-electron chi connectivity index (χ4n) is 1.72. The highest BCUT2D eigenvalue weighted by atomic mass is 15.0. The molecule has 0 amide bonds. The van der Waals surface area contributed by atoms with E-state index in [0.717, 1.165) is 17.8 Å². The summed E-state index contributed by atoms with van der Waals surface area (Å²) in [6.07, 6.45) is 5.41. The summed E-state index contributed by atoms with van der Waals surface area (Å²) in [5.41, 5.74) is 3.71. The van der Waals surface area contributed by atoms with Crippen LogP contribution in [0.15, 0.2) is 24.5 Å². The number of aromatic nitrogens is 2. The summed E-state index contributed by atoms with van der Waals surface area (Å²) in [5, 5.41) is 0. The number of rotatable bonds is 2. The molecule has 80 valence electrons. The maximum atomic E-state index is 4.43. The maximum Gasteiger partial charge on any atom is 0.136 e.